The molecule has 1 aliphatic carbocycles. The van der Waals surface area contributed by atoms with Crippen molar-refractivity contribution in [2.24, 2.45) is 0 Å². The van der Waals surface area contributed by atoms with Gasteiger partial charge in [0.15, 0.2) is 0 Å². The first kappa shape index (κ1) is 31.2. The molecule has 0 aliphatic heterocycles. The summed E-state index contributed by atoms with van der Waals surface area (Å²) in [5.74, 6) is -0.585. The summed E-state index contributed by atoms with van der Waals surface area (Å²) in [4.78, 5) is 16.7. The van der Waals surface area contributed by atoms with Crippen LogP contribution in [0.2, 0.25) is 0 Å². The summed E-state index contributed by atoms with van der Waals surface area (Å²) in [6.45, 7) is 2.65. The number of unbranched alkanes of at least 4 members (excludes halogenated alkanes) is 3. The van der Waals surface area contributed by atoms with Crippen LogP contribution >= 0.6 is 22.7 Å². The minimum absolute atomic E-state index is 0.181. The van der Waals surface area contributed by atoms with Gasteiger partial charge in [-0.2, -0.15) is 8.42 Å². The molecule has 1 N–H and O–H groups in total. The number of carbonyl (C=O) groups is 1. The molecule has 1 aliphatic rings. The molecule has 3 rings (SSSR count). The molecular formula is C27H41NO7S3. The predicted molar refractivity (Wildman–Crippen MR) is 151 cm³/mol. The van der Waals surface area contributed by atoms with Gasteiger partial charge in [0.2, 0.25) is 5.60 Å². The summed E-state index contributed by atoms with van der Waals surface area (Å²) in [6, 6.07) is 7.68. The highest BCUT2D eigenvalue weighted by Gasteiger charge is 2.45. The fraction of sp³-hybridized carbons (Fsp3) is 0.667. The maximum atomic E-state index is 13.2. The number of hydrogen-bond donors (Lipinski definition) is 1. The van der Waals surface area contributed by atoms with Crippen LogP contribution in [0.3, 0.4) is 0 Å². The van der Waals surface area contributed by atoms with Crippen LogP contribution in [0.15, 0.2) is 35.0 Å². The molecular weight excluding hydrogens is 546 g/mol. The molecule has 214 valence electrons. The second-order valence-corrected chi connectivity index (χ2v) is 13.4. The topological polar surface area (TPSA) is 102 Å². The van der Waals surface area contributed by atoms with Gasteiger partial charge in [-0.1, -0.05) is 25.0 Å². The Hall–Kier alpha value is -1.34. The summed E-state index contributed by atoms with van der Waals surface area (Å²) < 4.78 is 38.2. The molecule has 8 nitrogen and oxygen atoms in total. The van der Waals surface area contributed by atoms with E-state index in [0.717, 1.165) is 83.8 Å². The lowest BCUT2D eigenvalue weighted by Gasteiger charge is -2.35. The van der Waals surface area contributed by atoms with Crippen molar-refractivity contribution in [2.45, 2.75) is 75.5 Å². The van der Waals surface area contributed by atoms with Gasteiger partial charge >= 0.3 is 5.97 Å². The van der Waals surface area contributed by atoms with Gasteiger partial charge in [0.05, 0.1) is 22.6 Å². The van der Waals surface area contributed by atoms with E-state index in [9.17, 15) is 18.3 Å². The van der Waals surface area contributed by atoms with Crippen molar-refractivity contribution in [3.05, 3.63) is 44.8 Å². The number of thiophene rings is 2. The van der Waals surface area contributed by atoms with Crippen LogP contribution in [0.1, 0.15) is 67.5 Å². The van der Waals surface area contributed by atoms with E-state index in [1.165, 1.54) is 22.7 Å². The summed E-state index contributed by atoms with van der Waals surface area (Å²) in [5.41, 5.74) is -1.75. The summed E-state index contributed by atoms with van der Waals surface area (Å²) >= 11 is 2.71. The molecule has 2 aromatic heterocycles. The SMILES string of the molecule is CN(CCCOCCCCCCOS(C)(=O)=O)C1CCC(OC(=O)C(O)(c2cccs2)c2cccs2)CC1. The quantitative estimate of drug-likeness (QED) is 0.160. The van der Waals surface area contributed by atoms with Crippen LogP contribution in [0, 0.1) is 0 Å². The first-order valence-corrected chi connectivity index (χ1v) is 16.9. The second kappa shape index (κ2) is 15.4. The lowest BCUT2D eigenvalue weighted by Crippen LogP contribution is -2.42. The Balaban J connectivity index is 1.28. The van der Waals surface area contributed by atoms with E-state index < -0.39 is 21.7 Å². The van der Waals surface area contributed by atoms with Crippen LogP contribution < -0.4 is 0 Å². The Labute approximate surface area is 235 Å². The van der Waals surface area contributed by atoms with Crippen molar-refractivity contribution in [1.82, 2.24) is 4.90 Å². The molecule has 0 atom stereocenters. The lowest BCUT2D eigenvalue weighted by molar-refractivity contribution is -0.169. The Kier molecular flexibility index (Phi) is 12.7. The molecule has 1 saturated carbocycles. The van der Waals surface area contributed by atoms with E-state index in [2.05, 4.69) is 11.9 Å². The van der Waals surface area contributed by atoms with Gasteiger partial charge in [-0.3, -0.25) is 4.18 Å². The van der Waals surface area contributed by atoms with Crippen molar-refractivity contribution in [3.8, 4) is 0 Å². The van der Waals surface area contributed by atoms with E-state index in [-0.39, 0.29) is 12.7 Å². The van der Waals surface area contributed by atoms with E-state index in [0.29, 0.717) is 15.8 Å². The Morgan fingerprint density at radius 3 is 2.11 bits per heavy atom. The number of esters is 1. The smallest absolute Gasteiger partial charge is 0.349 e. The minimum atomic E-state index is -3.33. The number of aliphatic hydroxyl groups is 1. The van der Waals surface area contributed by atoms with Crippen LogP contribution in [-0.2, 0) is 34.2 Å². The number of rotatable bonds is 17. The molecule has 2 aromatic rings. The molecule has 1 fully saturated rings. The molecule has 0 unspecified atom stereocenters. The number of nitrogens with zero attached hydrogens (tertiary/aromatic N) is 1. The Bertz CT molecular complexity index is 999. The molecule has 38 heavy (non-hydrogen) atoms. The molecule has 0 amide bonds. The first-order valence-electron chi connectivity index (χ1n) is 13.3. The minimum Gasteiger partial charge on any atom is -0.460 e. The molecule has 0 aromatic carbocycles. The molecule has 0 saturated heterocycles. The third-order valence-electron chi connectivity index (χ3n) is 6.87. The third-order valence-corrected chi connectivity index (χ3v) is 9.42. The van der Waals surface area contributed by atoms with Gasteiger partial charge < -0.3 is 19.5 Å². The number of carbonyl (C=O) groups excluding carboxylic acids is 1. The Morgan fingerprint density at radius 1 is 0.974 bits per heavy atom. The molecule has 0 radical (unpaired) electrons. The number of ether oxygens (including phenoxy) is 2. The predicted octanol–water partition coefficient (Wildman–Crippen LogP) is 4.78. The fourth-order valence-corrected chi connectivity index (χ4v) is 6.84. The first-order chi connectivity index (χ1) is 18.2. The van der Waals surface area contributed by atoms with Gasteiger partial charge in [0, 0.05) is 25.8 Å². The average Bonchev–Trinajstić information content (AvgIpc) is 3.62. The third kappa shape index (κ3) is 9.69. The van der Waals surface area contributed by atoms with Gasteiger partial charge in [-0.25, -0.2) is 4.79 Å². The van der Waals surface area contributed by atoms with E-state index in [1.54, 1.807) is 12.1 Å². The molecule has 2 heterocycles. The monoisotopic (exact) mass is 587 g/mol. The van der Waals surface area contributed by atoms with Crippen molar-refractivity contribution in [3.63, 3.8) is 0 Å². The highest BCUT2D eigenvalue weighted by Crippen LogP contribution is 2.38. The summed E-state index contributed by atoms with van der Waals surface area (Å²) in [6.07, 6.45) is 8.97. The highest BCUT2D eigenvalue weighted by molar-refractivity contribution is 7.85. The van der Waals surface area contributed by atoms with Crippen LogP contribution in [0.4, 0.5) is 0 Å². The normalized spacial score (nSPS) is 18.6. The zero-order valence-electron chi connectivity index (χ0n) is 22.4. The zero-order valence-corrected chi connectivity index (χ0v) is 24.8. The van der Waals surface area contributed by atoms with Gasteiger partial charge in [-0.15, -0.1) is 22.7 Å². The average molecular weight is 588 g/mol. The van der Waals surface area contributed by atoms with Crippen molar-refractivity contribution >= 4 is 38.8 Å². The lowest BCUT2D eigenvalue weighted by atomic mass is 9.91. The maximum absolute atomic E-state index is 13.2. The maximum Gasteiger partial charge on any atom is 0.349 e. The highest BCUT2D eigenvalue weighted by atomic mass is 32.2. The fourth-order valence-electron chi connectivity index (χ4n) is 4.70. The van der Waals surface area contributed by atoms with Gasteiger partial charge in [-0.05, 0) is 74.9 Å². The summed E-state index contributed by atoms with van der Waals surface area (Å²) in [7, 11) is -1.19. The van der Waals surface area contributed by atoms with Gasteiger partial charge in [0.1, 0.15) is 6.10 Å². The second-order valence-electron chi connectivity index (χ2n) is 9.89. The zero-order chi connectivity index (χ0) is 27.4. The van der Waals surface area contributed by atoms with Crippen molar-refractivity contribution < 1.29 is 32.0 Å². The van der Waals surface area contributed by atoms with E-state index in [1.807, 2.05) is 22.9 Å². The van der Waals surface area contributed by atoms with Crippen molar-refractivity contribution in [2.75, 3.05) is 39.7 Å². The standard InChI is InChI=1S/C27H41NO7S3/c1-28(16-9-18-33-17-5-3-4-6-19-34-38(2,31)32)22-12-14-23(15-13-22)35-26(29)27(30,24-10-7-20-36-24)25-11-8-21-37-25/h7-8,10-11,20-23,30H,3-6,9,12-19H2,1-2H3. The molecule has 0 bridgehead atoms. The van der Waals surface area contributed by atoms with Crippen molar-refractivity contribution in [1.29, 1.82) is 0 Å². The van der Waals surface area contributed by atoms with E-state index >= 15 is 0 Å². The Morgan fingerprint density at radius 2 is 1.55 bits per heavy atom. The van der Waals surface area contributed by atoms with Crippen LogP contribution in [-0.4, -0.2) is 76.2 Å². The largest absolute Gasteiger partial charge is 0.460 e. The molecule has 0 spiro atoms. The van der Waals surface area contributed by atoms with Gasteiger partial charge in [0.25, 0.3) is 10.1 Å². The number of hydrogen-bond acceptors (Lipinski definition) is 10. The van der Waals surface area contributed by atoms with E-state index in [4.69, 9.17) is 13.7 Å². The van der Waals surface area contributed by atoms with Crippen LogP contribution in [0.25, 0.3) is 0 Å². The summed E-state index contributed by atoms with van der Waals surface area (Å²) in [5, 5.41) is 15.1. The van der Waals surface area contributed by atoms with Crippen LogP contribution in [0.5, 0.6) is 0 Å². The molecule has 11 heteroatoms.